The van der Waals surface area contributed by atoms with Crippen molar-refractivity contribution in [3.05, 3.63) is 66.0 Å². The van der Waals surface area contributed by atoms with Gasteiger partial charge in [0.25, 0.3) is 0 Å². The second-order valence-corrected chi connectivity index (χ2v) is 8.12. The maximum atomic E-state index is 13.2. The van der Waals surface area contributed by atoms with Crippen LogP contribution < -0.4 is 4.90 Å². The zero-order chi connectivity index (χ0) is 20.1. The number of halogens is 1. The molecule has 0 aromatic heterocycles. The van der Waals surface area contributed by atoms with Crippen LogP contribution in [0.4, 0.5) is 10.1 Å². The van der Waals surface area contributed by atoms with Crippen LogP contribution in [-0.2, 0) is 11.2 Å². The van der Waals surface area contributed by atoms with Crippen LogP contribution in [0.2, 0.25) is 0 Å². The lowest BCUT2D eigenvalue weighted by Crippen LogP contribution is -2.55. The summed E-state index contributed by atoms with van der Waals surface area (Å²) < 4.78 is 13.2. The Morgan fingerprint density at radius 2 is 1.66 bits per heavy atom. The molecule has 0 bridgehead atoms. The molecule has 0 spiro atoms. The zero-order valence-corrected chi connectivity index (χ0v) is 17.0. The van der Waals surface area contributed by atoms with Gasteiger partial charge in [0, 0.05) is 57.4 Å². The SMILES string of the molecule is O=C(CCc1ccccc1)N1CCCC(N2CCN(c3ccc(F)cc3)CC2)C1. The topological polar surface area (TPSA) is 26.8 Å². The van der Waals surface area contributed by atoms with Crippen molar-refractivity contribution in [2.75, 3.05) is 44.2 Å². The number of carbonyl (C=O) groups is 1. The summed E-state index contributed by atoms with van der Waals surface area (Å²) in [6.45, 7) is 5.63. The summed E-state index contributed by atoms with van der Waals surface area (Å²) >= 11 is 0. The van der Waals surface area contributed by atoms with Crippen LogP contribution in [0.25, 0.3) is 0 Å². The molecule has 0 radical (unpaired) electrons. The molecule has 4 rings (SSSR count). The molecule has 4 nitrogen and oxygen atoms in total. The fourth-order valence-corrected chi connectivity index (χ4v) is 4.53. The Kier molecular flexibility index (Phi) is 6.45. The molecule has 154 valence electrons. The molecule has 29 heavy (non-hydrogen) atoms. The number of aryl methyl sites for hydroxylation is 1. The fourth-order valence-electron chi connectivity index (χ4n) is 4.53. The summed E-state index contributed by atoms with van der Waals surface area (Å²) in [7, 11) is 0. The lowest BCUT2D eigenvalue weighted by Gasteiger charge is -2.44. The maximum absolute atomic E-state index is 13.2. The van der Waals surface area contributed by atoms with Crippen molar-refractivity contribution in [2.45, 2.75) is 31.7 Å². The number of amides is 1. The number of hydrogen-bond acceptors (Lipinski definition) is 3. The van der Waals surface area contributed by atoms with Gasteiger partial charge < -0.3 is 9.80 Å². The third kappa shape index (κ3) is 5.15. The Morgan fingerprint density at radius 3 is 2.38 bits per heavy atom. The van der Waals surface area contributed by atoms with Gasteiger partial charge in [-0.1, -0.05) is 30.3 Å². The first-order chi connectivity index (χ1) is 14.2. The Labute approximate surface area is 172 Å². The van der Waals surface area contributed by atoms with Crippen LogP contribution in [-0.4, -0.2) is 61.0 Å². The van der Waals surface area contributed by atoms with E-state index in [0.717, 1.165) is 57.8 Å². The van der Waals surface area contributed by atoms with Gasteiger partial charge >= 0.3 is 0 Å². The van der Waals surface area contributed by atoms with Crippen molar-refractivity contribution in [3.63, 3.8) is 0 Å². The minimum absolute atomic E-state index is 0.188. The van der Waals surface area contributed by atoms with Gasteiger partial charge in [0.1, 0.15) is 5.82 Å². The van der Waals surface area contributed by atoms with Gasteiger partial charge in [-0.2, -0.15) is 0 Å². The molecule has 2 fully saturated rings. The standard InChI is InChI=1S/C24H30FN3O/c25-21-9-11-22(12-10-21)26-15-17-27(18-16-26)23-7-4-14-28(19-23)24(29)13-8-20-5-2-1-3-6-20/h1-3,5-6,9-12,23H,4,7-8,13-19H2. The molecule has 2 aromatic carbocycles. The van der Waals surface area contributed by atoms with E-state index in [1.807, 2.05) is 30.3 Å². The molecule has 2 aliphatic rings. The number of anilines is 1. The summed E-state index contributed by atoms with van der Waals surface area (Å²) in [6, 6.07) is 17.5. The minimum atomic E-state index is -0.188. The number of likely N-dealkylation sites (tertiary alicyclic amines) is 1. The van der Waals surface area contributed by atoms with Crippen LogP contribution in [0, 0.1) is 5.82 Å². The summed E-state index contributed by atoms with van der Waals surface area (Å²) in [5.74, 6) is 0.0927. The highest BCUT2D eigenvalue weighted by Crippen LogP contribution is 2.22. The number of rotatable bonds is 5. The van der Waals surface area contributed by atoms with E-state index in [1.54, 1.807) is 0 Å². The van der Waals surface area contributed by atoms with Crippen LogP contribution in [0.3, 0.4) is 0 Å². The van der Waals surface area contributed by atoms with Gasteiger partial charge in [0.05, 0.1) is 0 Å². The average Bonchev–Trinajstić information content (AvgIpc) is 2.79. The van der Waals surface area contributed by atoms with Crippen molar-refractivity contribution in [3.8, 4) is 0 Å². The van der Waals surface area contributed by atoms with Crippen molar-refractivity contribution in [1.82, 2.24) is 9.80 Å². The first-order valence-electron chi connectivity index (χ1n) is 10.8. The van der Waals surface area contributed by atoms with E-state index in [-0.39, 0.29) is 11.7 Å². The average molecular weight is 396 g/mol. The molecular formula is C24H30FN3O. The molecule has 5 heteroatoms. The van der Waals surface area contributed by atoms with Gasteiger partial charge in [-0.25, -0.2) is 4.39 Å². The lowest BCUT2D eigenvalue weighted by atomic mass is 10.0. The van der Waals surface area contributed by atoms with E-state index in [2.05, 4.69) is 26.8 Å². The van der Waals surface area contributed by atoms with E-state index in [0.29, 0.717) is 12.5 Å². The summed E-state index contributed by atoms with van der Waals surface area (Å²) in [5, 5.41) is 0. The normalized spacial score (nSPS) is 20.7. The van der Waals surface area contributed by atoms with Crippen LogP contribution in [0.1, 0.15) is 24.8 Å². The highest BCUT2D eigenvalue weighted by molar-refractivity contribution is 5.76. The third-order valence-electron chi connectivity index (χ3n) is 6.24. The second-order valence-electron chi connectivity index (χ2n) is 8.12. The van der Waals surface area contributed by atoms with Gasteiger partial charge in [-0.05, 0) is 49.1 Å². The van der Waals surface area contributed by atoms with Gasteiger partial charge in [0.2, 0.25) is 5.91 Å². The molecule has 0 saturated carbocycles. The number of hydrogen-bond donors (Lipinski definition) is 0. The van der Waals surface area contributed by atoms with E-state index >= 15 is 0 Å². The van der Waals surface area contributed by atoms with Crippen LogP contribution in [0.15, 0.2) is 54.6 Å². The van der Waals surface area contributed by atoms with Crippen molar-refractivity contribution < 1.29 is 9.18 Å². The molecular weight excluding hydrogens is 365 g/mol. The summed E-state index contributed by atoms with van der Waals surface area (Å²) in [5.41, 5.74) is 2.32. The highest BCUT2D eigenvalue weighted by Gasteiger charge is 2.29. The molecule has 2 heterocycles. The third-order valence-corrected chi connectivity index (χ3v) is 6.24. The number of piperidine rings is 1. The molecule has 0 N–H and O–H groups in total. The van der Waals surface area contributed by atoms with E-state index < -0.39 is 0 Å². The van der Waals surface area contributed by atoms with E-state index in [1.165, 1.54) is 24.1 Å². The first kappa shape index (κ1) is 19.9. The number of benzene rings is 2. The van der Waals surface area contributed by atoms with Gasteiger partial charge in [0.15, 0.2) is 0 Å². The molecule has 2 saturated heterocycles. The summed E-state index contributed by atoms with van der Waals surface area (Å²) in [6.07, 6.45) is 3.66. The maximum Gasteiger partial charge on any atom is 0.222 e. The molecule has 2 aliphatic heterocycles. The largest absolute Gasteiger partial charge is 0.369 e. The molecule has 1 atom stereocenters. The Balaban J connectivity index is 1.26. The molecule has 2 aromatic rings. The molecule has 0 aliphatic carbocycles. The number of carbonyl (C=O) groups excluding carboxylic acids is 1. The van der Waals surface area contributed by atoms with Crippen molar-refractivity contribution in [1.29, 1.82) is 0 Å². The quantitative estimate of drug-likeness (QED) is 0.774. The Bertz CT molecular complexity index is 788. The van der Waals surface area contributed by atoms with E-state index in [4.69, 9.17) is 0 Å². The summed E-state index contributed by atoms with van der Waals surface area (Å²) in [4.78, 5) is 19.7. The fraction of sp³-hybridized carbons (Fsp3) is 0.458. The van der Waals surface area contributed by atoms with Crippen molar-refractivity contribution >= 4 is 11.6 Å². The number of nitrogens with zero attached hydrogens (tertiary/aromatic N) is 3. The van der Waals surface area contributed by atoms with Crippen LogP contribution in [0.5, 0.6) is 0 Å². The second kappa shape index (κ2) is 9.40. The van der Waals surface area contributed by atoms with Gasteiger partial charge in [-0.3, -0.25) is 9.69 Å². The zero-order valence-electron chi connectivity index (χ0n) is 17.0. The predicted molar refractivity (Wildman–Crippen MR) is 115 cm³/mol. The molecule has 1 amide bonds. The first-order valence-corrected chi connectivity index (χ1v) is 10.8. The Hall–Kier alpha value is -2.40. The van der Waals surface area contributed by atoms with E-state index in [9.17, 15) is 9.18 Å². The smallest absolute Gasteiger partial charge is 0.222 e. The minimum Gasteiger partial charge on any atom is -0.369 e. The Morgan fingerprint density at radius 1 is 0.931 bits per heavy atom. The number of piperazine rings is 1. The predicted octanol–water partition coefficient (Wildman–Crippen LogP) is 3.57. The van der Waals surface area contributed by atoms with Crippen LogP contribution >= 0.6 is 0 Å². The monoisotopic (exact) mass is 395 g/mol. The highest BCUT2D eigenvalue weighted by atomic mass is 19.1. The van der Waals surface area contributed by atoms with Gasteiger partial charge in [-0.15, -0.1) is 0 Å². The van der Waals surface area contributed by atoms with Crippen molar-refractivity contribution in [2.24, 2.45) is 0 Å². The molecule has 1 unspecified atom stereocenters. The lowest BCUT2D eigenvalue weighted by molar-refractivity contribution is -0.133.